The number of amidine groups is 1. The molecular formula is C13H10ClN3O4. The molecule has 0 heterocycles. The first-order valence-corrected chi connectivity index (χ1v) is 6.09. The van der Waals surface area contributed by atoms with Gasteiger partial charge < -0.3 is 15.7 Å². The molecule has 0 atom stereocenters. The van der Waals surface area contributed by atoms with Gasteiger partial charge in [0.25, 0.3) is 5.69 Å². The van der Waals surface area contributed by atoms with Gasteiger partial charge in [-0.25, -0.2) is 0 Å². The molecule has 0 aliphatic rings. The lowest BCUT2D eigenvalue weighted by Gasteiger charge is -2.10. The van der Waals surface area contributed by atoms with E-state index in [1.807, 2.05) is 0 Å². The van der Waals surface area contributed by atoms with Crippen molar-refractivity contribution < 1.29 is 14.9 Å². The minimum Gasteiger partial charge on any atom is -0.456 e. The van der Waals surface area contributed by atoms with Gasteiger partial charge in [0.2, 0.25) is 0 Å². The molecule has 0 saturated heterocycles. The van der Waals surface area contributed by atoms with E-state index in [0.717, 1.165) is 0 Å². The third-order valence-corrected chi connectivity index (χ3v) is 2.82. The minimum atomic E-state index is -0.529. The highest BCUT2D eigenvalue weighted by Crippen LogP contribution is 2.29. The van der Waals surface area contributed by atoms with Crippen molar-refractivity contribution in [1.29, 1.82) is 0 Å². The van der Waals surface area contributed by atoms with Crippen LogP contribution < -0.4 is 10.5 Å². The Kier molecular flexibility index (Phi) is 4.24. The molecule has 0 saturated carbocycles. The smallest absolute Gasteiger partial charge is 0.273 e. The van der Waals surface area contributed by atoms with Gasteiger partial charge in [-0.3, -0.25) is 10.1 Å². The van der Waals surface area contributed by atoms with Crippen LogP contribution in [0.5, 0.6) is 11.5 Å². The quantitative estimate of drug-likeness (QED) is 0.296. The molecule has 0 radical (unpaired) electrons. The van der Waals surface area contributed by atoms with Gasteiger partial charge in [0.05, 0.1) is 16.6 Å². The van der Waals surface area contributed by atoms with Gasteiger partial charge in [-0.15, -0.1) is 0 Å². The summed E-state index contributed by atoms with van der Waals surface area (Å²) in [4.78, 5) is 10.2. The van der Waals surface area contributed by atoms with E-state index in [1.165, 1.54) is 30.3 Å². The van der Waals surface area contributed by atoms with Crippen molar-refractivity contribution in [2.45, 2.75) is 0 Å². The zero-order valence-corrected chi connectivity index (χ0v) is 11.3. The summed E-state index contributed by atoms with van der Waals surface area (Å²) >= 11 is 5.85. The molecule has 0 fully saturated rings. The van der Waals surface area contributed by atoms with Gasteiger partial charge in [0.1, 0.15) is 11.5 Å². The maximum absolute atomic E-state index is 10.7. The van der Waals surface area contributed by atoms with E-state index in [-0.39, 0.29) is 28.6 Å². The van der Waals surface area contributed by atoms with Gasteiger partial charge in [-0.05, 0) is 24.3 Å². The van der Waals surface area contributed by atoms with Crippen molar-refractivity contribution in [3.63, 3.8) is 0 Å². The third kappa shape index (κ3) is 3.40. The number of benzene rings is 2. The first-order chi connectivity index (χ1) is 10.0. The van der Waals surface area contributed by atoms with Gasteiger partial charge in [0, 0.05) is 11.1 Å². The van der Waals surface area contributed by atoms with Crippen LogP contribution in [0, 0.1) is 10.1 Å². The maximum Gasteiger partial charge on any atom is 0.273 e. The van der Waals surface area contributed by atoms with Crippen molar-refractivity contribution in [2.75, 3.05) is 0 Å². The molecule has 0 unspecified atom stereocenters. The molecule has 21 heavy (non-hydrogen) atoms. The Balaban J connectivity index is 2.40. The summed E-state index contributed by atoms with van der Waals surface area (Å²) in [7, 11) is 0. The van der Waals surface area contributed by atoms with Crippen molar-refractivity contribution in [2.24, 2.45) is 10.9 Å². The Morgan fingerprint density at radius 1 is 1.33 bits per heavy atom. The molecule has 3 N–H and O–H groups in total. The molecule has 0 amide bonds. The summed E-state index contributed by atoms with van der Waals surface area (Å²) in [5.41, 5.74) is 5.72. The summed E-state index contributed by atoms with van der Waals surface area (Å²) in [5.74, 6) is 0.326. The van der Waals surface area contributed by atoms with Gasteiger partial charge in [-0.1, -0.05) is 22.8 Å². The maximum atomic E-state index is 10.7. The van der Waals surface area contributed by atoms with Crippen LogP contribution in [0.15, 0.2) is 47.6 Å². The summed E-state index contributed by atoms with van der Waals surface area (Å²) < 4.78 is 5.54. The number of halogens is 1. The summed E-state index contributed by atoms with van der Waals surface area (Å²) in [6.07, 6.45) is 0. The molecule has 0 aliphatic heterocycles. The molecule has 108 valence electrons. The van der Waals surface area contributed by atoms with Crippen LogP contribution >= 0.6 is 11.6 Å². The Morgan fingerprint density at radius 2 is 2.10 bits per heavy atom. The number of hydrogen-bond acceptors (Lipinski definition) is 5. The molecule has 7 nitrogen and oxygen atoms in total. The normalized spacial score (nSPS) is 11.2. The third-order valence-electron chi connectivity index (χ3n) is 2.58. The van der Waals surface area contributed by atoms with E-state index in [0.29, 0.717) is 5.02 Å². The molecule has 0 aromatic heterocycles. The monoisotopic (exact) mass is 307 g/mol. The Bertz CT molecular complexity index is 718. The molecule has 2 rings (SSSR count). The number of oxime groups is 1. The molecule has 0 aliphatic carbocycles. The highest BCUT2D eigenvalue weighted by atomic mass is 35.5. The van der Waals surface area contributed by atoms with Gasteiger partial charge in [0.15, 0.2) is 5.84 Å². The zero-order chi connectivity index (χ0) is 15.4. The minimum absolute atomic E-state index is 0.105. The molecular weight excluding hydrogens is 298 g/mol. The van der Waals surface area contributed by atoms with Gasteiger partial charge >= 0.3 is 0 Å². The first kappa shape index (κ1) is 14.6. The van der Waals surface area contributed by atoms with E-state index >= 15 is 0 Å². The highest BCUT2D eigenvalue weighted by Gasteiger charge is 2.12. The van der Waals surface area contributed by atoms with Crippen LogP contribution in [-0.2, 0) is 0 Å². The second-order valence-electron chi connectivity index (χ2n) is 3.98. The van der Waals surface area contributed by atoms with Crippen LogP contribution in [-0.4, -0.2) is 16.0 Å². The lowest BCUT2D eigenvalue weighted by molar-refractivity contribution is -0.384. The number of ether oxygens (including phenoxy) is 1. The second-order valence-corrected chi connectivity index (χ2v) is 4.42. The van der Waals surface area contributed by atoms with Crippen LogP contribution in [0.4, 0.5) is 5.69 Å². The molecule has 2 aromatic rings. The fourth-order valence-corrected chi connectivity index (χ4v) is 1.80. The van der Waals surface area contributed by atoms with E-state index in [9.17, 15) is 10.1 Å². The Hall–Kier alpha value is -2.80. The van der Waals surface area contributed by atoms with E-state index in [4.69, 9.17) is 27.3 Å². The first-order valence-electron chi connectivity index (χ1n) is 5.71. The van der Waals surface area contributed by atoms with Gasteiger partial charge in [-0.2, -0.15) is 0 Å². The molecule has 2 aromatic carbocycles. The van der Waals surface area contributed by atoms with Crippen molar-refractivity contribution >= 4 is 23.1 Å². The second kappa shape index (κ2) is 6.10. The average Bonchev–Trinajstić information content (AvgIpc) is 2.48. The highest BCUT2D eigenvalue weighted by molar-refractivity contribution is 6.31. The lowest BCUT2D eigenvalue weighted by Crippen LogP contribution is -2.14. The molecule has 0 bridgehead atoms. The predicted octanol–water partition coefficient (Wildman–Crippen LogP) is 3.14. The number of rotatable bonds is 4. The Labute approximate surface area is 124 Å². The topological polar surface area (TPSA) is 111 Å². The number of hydrogen-bond donors (Lipinski definition) is 2. The van der Waals surface area contributed by atoms with Crippen LogP contribution in [0.2, 0.25) is 5.02 Å². The fraction of sp³-hybridized carbons (Fsp3) is 0. The number of non-ortho nitro benzene ring substituents is 1. The lowest BCUT2D eigenvalue weighted by atomic mass is 10.2. The van der Waals surface area contributed by atoms with E-state index < -0.39 is 4.92 Å². The molecule has 8 heteroatoms. The van der Waals surface area contributed by atoms with Crippen molar-refractivity contribution in [1.82, 2.24) is 0 Å². The summed E-state index contributed by atoms with van der Waals surface area (Å²) in [6.45, 7) is 0. The number of nitro groups is 1. The van der Waals surface area contributed by atoms with Crippen LogP contribution in [0.1, 0.15) is 5.56 Å². The average molecular weight is 308 g/mol. The SMILES string of the molecule is NC(=NO)c1cc(Cl)ccc1Oc1cccc([N+](=O)[O-])c1. The van der Waals surface area contributed by atoms with Crippen LogP contribution in [0.3, 0.4) is 0 Å². The standard InChI is InChI=1S/C13H10ClN3O4/c14-8-4-5-12(11(6-8)13(15)16-18)21-10-3-1-2-9(7-10)17(19)20/h1-7,18H,(H2,15,16). The fourth-order valence-electron chi connectivity index (χ4n) is 1.63. The largest absolute Gasteiger partial charge is 0.456 e. The van der Waals surface area contributed by atoms with Crippen molar-refractivity contribution in [3.8, 4) is 11.5 Å². The molecule has 0 spiro atoms. The predicted molar refractivity (Wildman–Crippen MR) is 77.1 cm³/mol. The van der Waals surface area contributed by atoms with E-state index in [1.54, 1.807) is 12.1 Å². The van der Waals surface area contributed by atoms with Crippen LogP contribution in [0.25, 0.3) is 0 Å². The Morgan fingerprint density at radius 3 is 2.76 bits per heavy atom. The zero-order valence-electron chi connectivity index (χ0n) is 10.6. The number of nitro benzene ring substituents is 1. The van der Waals surface area contributed by atoms with E-state index in [2.05, 4.69) is 5.16 Å². The number of nitrogens with two attached hydrogens (primary N) is 1. The number of nitrogens with zero attached hydrogens (tertiary/aromatic N) is 2. The summed E-state index contributed by atoms with van der Waals surface area (Å²) in [6, 6.07) is 10.2. The summed E-state index contributed by atoms with van der Waals surface area (Å²) in [5, 5.41) is 22.8. The van der Waals surface area contributed by atoms with Crippen molar-refractivity contribution in [3.05, 3.63) is 63.2 Å².